The third-order valence-corrected chi connectivity index (χ3v) is 6.86. The maximum absolute atomic E-state index is 4.87. The summed E-state index contributed by atoms with van der Waals surface area (Å²) >= 11 is 0. The van der Waals surface area contributed by atoms with Gasteiger partial charge in [-0.15, -0.1) is 0 Å². The second-order valence-electron chi connectivity index (χ2n) is 10.1. The molecule has 1 fully saturated rings. The van der Waals surface area contributed by atoms with Crippen LogP contribution in [0.3, 0.4) is 0 Å². The summed E-state index contributed by atoms with van der Waals surface area (Å²) < 4.78 is 2.28. The van der Waals surface area contributed by atoms with Crippen LogP contribution in [0.1, 0.15) is 65.4 Å². The van der Waals surface area contributed by atoms with E-state index >= 15 is 0 Å². The van der Waals surface area contributed by atoms with Crippen molar-refractivity contribution in [2.45, 2.75) is 65.2 Å². The van der Waals surface area contributed by atoms with Crippen molar-refractivity contribution < 1.29 is 0 Å². The molecule has 1 aromatic heterocycles. The Morgan fingerprint density at radius 1 is 1.00 bits per heavy atom. The van der Waals surface area contributed by atoms with E-state index in [4.69, 9.17) is 4.98 Å². The van der Waals surface area contributed by atoms with E-state index in [1.807, 2.05) is 6.20 Å². The van der Waals surface area contributed by atoms with Crippen LogP contribution in [-0.4, -0.2) is 9.55 Å². The topological polar surface area (TPSA) is 17.8 Å². The minimum Gasteiger partial charge on any atom is -0.304 e. The van der Waals surface area contributed by atoms with Crippen molar-refractivity contribution in [3.63, 3.8) is 0 Å². The maximum Gasteiger partial charge on any atom is 0.144 e. The average Bonchev–Trinajstić information content (AvgIpc) is 3.30. The summed E-state index contributed by atoms with van der Waals surface area (Å²) in [5.41, 5.74) is 7.62. The minimum atomic E-state index is 0.0174. The molecule has 2 nitrogen and oxygen atoms in total. The zero-order valence-electron chi connectivity index (χ0n) is 20.1. The predicted octanol–water partition coefficient (Wildman–Crippen LogP) is 8.51. The predicted molar refractivity (Wildman–Crippen MR) is 137 cm³/mol. The molecule has 0 radical (unpaired) electrons. The summed E-state index contributed by atoms with van der Waals surface area (Å²) in [4.78, 5) is 4.87. The van der Waals surface area contributed by atoms with Crippen molar-refractivity contribution >= 4 is 5.70 Å². The molecule has 0 bridgehead atoms. The summed E-state index contributed by atoms with van der Waals surface area (Å²) in [6.45, 7) is 13.3. The van der Waals surface area contributed by atoms with Gasteiger partial charge in [-0.25, -0.2) is 4.98 Å². The van der Waals surface area contributed by atoms with E-state index in [-0.39, 0.29) is 5.41 Å². The van der Waals surface area contributed by atoms with Crippen LogP contribution in [0.4, 0.5) is 0 Å². The van der Waals surface area contributed by atoms with Gasteiger partial charge in [0.25, 0.3) is 0 Å². The molecule has 4 rings (SSSR count). The Hall–Kier alpha value is -2.87. The molecule has 0 saturated heterocycles. The molecule has 0 spiro atoms. The second-order valence-corrected chi connectivity index (χ2v) is 10.1. The monoisotopic (exact) mass is 424 g/mol. The van der Waals surface area contributed by atoms with Crippen LogP contribution in [-0.2, 0) is 5.41 Å². The first-order chi connectivity index (χ1) is 15.4. The van der Waals surface area contributed by atoms with Gasteiger partial charge in [-0.3, -0.25) is 0 Å². The molecule has 0 unspecified atom stereocenters. The normalized spacial score (nSPS) is 16.0. The van der Waals surface area contributed by atoms with Gasteiger partial charge in [0.15, 0.2) is 0 Å². The fourth-order valence-corrected chi connectivity index (χ4v) is 5.13. The van der Waals surface area contributed by atoms with Crippen molar-refractivity contribution in [1.82, 2.24) is 9.55 Å². The molecule has 1 saturated carbocycles. The van der Waals surface area contributed by atoms with Crippen LogP contribution >= 0.6 is 0 Å². The van der Waals surface area contributed by atoms with Gasteiger partial charge in [0.2, 0.25) is 0 Å². The smallest absolute Gasteiger partial charge is 0.144 e. The highest BCUT2D eigenvalue weighted by Gasteiger charge is 2.24. The summed E-state index contributed by atoms with van der Waals surface area (Å²) in [5, 5.41) is 0. The van der Waals surface area contributed by atoms with Gasteiger partial charge < -0.3 is 4.57 Å². The van der Waals surface area contributed by atoms with E-state index in [9.17, 15) is 0 Å². The number of nitrogens with zero attached hydrogens (tertiary/aromatic N) is 2. The molecule has 1 aliphatic rings. The first-order valence-electron chi connectivity index (χ1n) is 12.0. The lowest BCUT2D eigenvalue weighted by molar-refractivity contribution is 0.408. The lowest BCUT2D eigenvalue weighted by Crippen LogP contribution is -2.15. The summed E-state index contributed by atoms with van der Waals surface area (Å²) in [7, 11) is 0. The van der Waals surface area contributed by atoms with E-state index in [0.29, 0.717) is 5.92 Å². The summed E-state index contributed by atoms with van der Waals surface area (Å²) in [6.07, 6.45) is 12.6. The Bertz CT molecular complexity index is 1100. The molecule has 0 N–H and O–H groups in total. The van der Waals surface area contributed by atoms with E-state index in [0.717, 1.165) is 5.82 Å². The molecular weight excluding hydrogens is 388 g/mol. The first-order valence-corrected chi connectivity index (χ1v) is 12.0. The highest BCUT2D eigenvalue weighted by Crippen LogP contribution is 2.38. The highest BCUT2D eigenvalue weighted by atomic mass is 15.1. The van der Waals surface area contributed by atoms with Crippen molar-refractivity contribution in [2.24, 2.45) is 5.92 Å². The summed E-state index contributed by atoms with van der Waals surface area (Å²) in [5.74, 6) is 1.62. The molecule has 166 valence electrons. The number of hydrogen-bond donors (Lipinski definition) is 0. The number of imidazole rings is 1. The fraction of sp³-hybridized carbons (Fsp3) is 0.367. The van der Waals surface area contributed by atoms with Gasteiger partial charge >= 0.3 is 0 Å². The maximum atomic E-state index is 4.87. The molecule has 0 amide bonds. The largest absolute Gasteiger partial charge is 0.304 e. The average molecular weight is 425 g/mol. The van der Waals surface area contributed by atoms with E-state index in [1.165, 1.54) is 65.6 Å². The van der Waals surface area contributed by atoms with Gasteiger partial charge in [0.05, 0.1) is 0 Å². The SMILES string of the molecule is C=C/C(=C(\C)n1ccnc1-c1cc(-c2ccccc2)ccc1C(C)(C)C)C1CCCCC1. The van der Waals surface area contributed by atoms with Crippen molar-refractivity contribution in [2.75, 3.05) is 0 Å². The second kappa shape index (κ2) is 9.32. The molecule has 1 heterocycles. The van der Waals surface area contributed by atoms with Crippen LogP contribution in [0.15, 0.2) is 79.2 Å². The zero-order valence-corrected chi connectivity index (χ0v) is 20.1. The van der Waals surface area contributed by atoms with Crippen molar-refractivity contribution in [1.29, 1.82) is 0 Å². The number of allylic oxidation sites excluding steroid dienone is 3. The molecule has 0 aliphatic heterocycles. The number of rotatable bonds is 5. The Morgan fingerprint density at radius 3 is 2.38 bits per heavy atom. The molecule has 32 heavy (non-hydrogen) atoms. The summed E-state index contributed by atoms with van der Waals surface area (Å²) in [6, 6.07) is 17.5. The van der Waals surface area contributed by atoms with E-state index in [2.05, 4.69) is 99.6 Å². The Kier molecular flexibility index (Phi) is 6.50. The molecule has 0 atom stereocenters. The van der Waals surface area contributed by atoms with Crippen molar-refractivity contribution in [3.05, 3.63) is 84.7 Å². The fourth-order valence-electron chi connectivity index (χ4n) is 5.13. The van der Waals surface area contributed by atoms with Crippen LogP contribution < -0.4 is 0 Å². The molecule has 3 aromatic rings. The number of hydrogen-bond acceptors (Lipinski definition) is 1. The third-order valence-electron chi connectivity index (χ3n) is 6.86. The number of aromatic nitrogens is 2. The highest BCUT2D eigenvalue weighted by molar-refractivity contribution is 5.75. The van der Waals surface area contributed by atoms with E-state index < -0.39 is 0 Å². The van der Waals surface area contributed by atoms with Gasteiger partial charge in [-0.2, -0.15) is 0 Å². The van der Waals surface area contributed by atoms with Gasteiger partial charge in [-0.1, -0.05) is 95.2 Å². The quantitative estimate of drug-likeness (QED) is 0.375. The van der Waals surface area contributed by atoms with Gasteiger partial charge in [0, 0.05) is 23.7 Å². The first kappa shape index (κ1) is 22.3. The van der Waals surface area contributed by atoms with Crippen LogP contribution in [0.2, 0.25) is 0 Å². The number of benzene rings is 2. The standard InChI is InChI=1S/C30H36N2/c1-6-26(24-15-11-8-12-16-24)22(2)32-20-19-31-29(32)27-21-25(23-13-9-7-10-14-23)17-18-28(27)30(3,4)5/h6-7,9-10,13-14,17-21,24H,1,8,11-12,15-16H2,2-5H3/b26-22-. The molecule has 2 heteroatoms. The Labute approximate surface area is 193 Å². The molecule has 1 aliphatic carbocycles. The van der Waals surface area contributed by atoms with Crippen LogP contribution in [0, 0.1) is 5.92 Å². The lowest BCUT2D eigenvalue weighted by Gasteiger charge is -2.26. The zero-order chi connectivity index (χ0) is 22.7. The molecular formula is C30H36N2. The van der Waals surface area contributed by atoms with Crippen molar-refractivity contribution in [3.8, 4) is 22.5 Å². The van der Waals surface area contributed by atoms with Crippen LogP contribution in [0.5, 0.6) is 0 Å². The van der Waals surface area contributed by atoms with Gasteiger partial charge in [0.1, 0.15) is 5.82 Å². The Balaban J connectivity index is 1.87. The van der Waals surface area contributed by atoms with E-state index in [1.54, 1.807) is 0 Å². The lowest BCUT2D eigenvalue weighted by atomic mass is 9.82. The van der Waals surface area contributed by atoms with Gasteiger partial charge in [-0.05, 0) is 59.4 Å². The van der Waals surface area contributed by atoms with Crippen LogP contribution in [0.25, 0.3) is 28.2 Å². The third kappa shape index (κ3) is 4.50. The molecule has 2 aromatic carbocycles. The Morgan fingerprint density at radius 2 is 1.72 bits per heavy atom. The minimum absolute atomic E-state index is 0.0174.